The summed E-state index contributed by atoms with van der Waals surface area (Å²) in [4.78, 5) is 41.6. The zero-order chi connectivity index (χ0) is 19.9. The number of pyridine rings is 1. The van der Waals surface area contributed by atoms with Gasteiger partial charge in [-0.1, -0.05) is 6.07 Å². The first-order valence-corrected chi connectivity index (χ1v) is 9.78. The fraction of sp³-hybridized carbons (Fsp3) is 0.316. The van der Waals surface area contributed by atoms with E-state index in [1.165, 1.54) is 17.6 Å². The van der Waals surface area contributed by atoms with Gasteiger partial charge in [0.1, 0.15) is 5.00 Å². The molecule has 1 aliphatic carbocycles. The number of hydrogen-bond donors (Lipinski definition) is 2. The molecule has 0 spiro atoms. The number of carbonyl (C=O) groups excluding carboxylic acids is 3. The van der Waals surface area contributed by atoms with E-state index in [0.717, 1.165) is 36.1 Å². The van der Waals surface area contributed by atoms with E-state index < -0.39 is 17.8 Å². The lowest BCUT2D eigenvalue weighted by molar-refractivity contribution is -0.136. The normalized spacial score (nSPS) is 13.0. The highest BCUT2D eigenvalue weighted by Crippen LogP contribution is 2.38. The van der Waals surface area contributed by atoms with Crippen molar-refractivity contribution < 1.29 is 19.1 Å². The van der Waals surface area contributed by atoms with E-state index in [0.29, 0.717) is 16.1 Å². The number of hydrazone groups is 1. The van der Waals surface area contributed by atoms with Gasteiger partial charge in [-0.3, -0.25) is 14.6 Å². The number of aryl methyl sites for hydroxylation is 1. The topological polar surface area (TPSA) is 110 Å². The summed E-state index contributed by atoms with van der Waals surface area (Å²) in [6, 6.07) is 3.48. The Kier molecular flexibility index (Phi) is 6.49. The Morgan fingerprint density at radius 3 is 2.86 bits per heavy atom. The minimum atomic E-state index is -0.929. The Balaban J connectivity index is 1.70. The molecule has 0 radical (unpaired) electrons. The number of hydrogen-bond acceptors (Lipinski definition) is 7. The lowest BCUT2D eigenvalue weighted by Crippen LogP contribution is -2.32. The number of carbonyl (C=O) groups is 3. The Labute approximate surface area is 166 Å². The number of amides is 2. The van der Waals surface area contributed by atoms with Gasteiger partial charge in [-0.15, -0.1) is 11.3 Å². The predicted molar refractivity (Wildman–Crippen MR) is 106 cm³/mol. The molecule has 2 aromatic rings. The Morgan fingerprint density at radius 1 is 1.29 bits per heavy atom. The lowest BCUT2D eigenvalue weighted by Gasteiger charge is -2.12. The van der Waals surface area contributed by atoms with Crippen LogP contribution in [0.25, 0.3) is 0 Å². The summed E-state index contributed by atoms with van der Waals surface area (Å²) in [6.07, 6.45) is 8.19. The number of rotatable bonds is 5. The highest BCUT2D eigenvalue weighted by molar-refractivity contribution is 7.17. The Morgan fingerprint density at radius 2 is 2.11 bits per heavy atom. The second-order valence-electron chi connectivity index (χ2n) is 6.08. The molecular formula is C19H20N4O4S. The molecular weight excluding hydrogens is 380 g/mol. The van der Waals surface area contributed by atoms with Crippen LogP contribution in [0.2, 0.25) is 0 Å². The molecule has 0 bridgehead atoms. The standard InChI is InChI=1S/C19H20N4O4S/c1-2-27-19(26)15-13-7-3-4-8-14(13)28-18(15)22-16(24)17(25)23-21-11-12-6-5-9-20-10-12/h5-6,9-11H,2-4,7-8H2,1H3,(H,22,24)(H,23,25)/b21-11+. The average molecular weight is 400 g/mol. The van der Waals surface area contributed by atoms with Crippen molar-refractivity contribution in [2.75, 3.05) is 11.9 Å². The zero-order valence-corrected chi connectivity index (χ0v) is 16.2. The molecule has 0 aliphatic heterocycles. The smallest absolute Gasteiger partial charge is 0.341 e. The molecule has 2 amide bonds. The van der Waals surface area contributed by atoms with E-state index in [2.05, 4.69) is 20.8 Å². The van der Waals surface area contributed by atoms with Crippen LogP contribution >= 0.6 is 11.3 Å². The molecule has 0 saturated carbocycles. The van der Waals surface area contributed by atoms with Crippen molar-refractivity contribution in [1.82, 2.24) is 10.4 Å². The van der Waals surface area contributed by atoms with Crippen molar-refractivity contribution >= 4 is 40.3 Å². The molecule has 146 valence electrons. The minimum Gasteiger partial charge on any atom is -0.462 e. The van der Waals surface area contributed by atoms with E-state index in [4.69, 9.17) is 4.74 Å². The third-order valence-corrected chi connectivity index (χ3v) is 5.36. The van der Waals surface area contributed by atoms with E-state index in [1.807, 2.05) is 0 Å². The van der Waals surface area contributed by atoms with Crippen LogP contribution in [0.15, 0.2) is 29.6 Å². The fourth-order valence-electron chi connectivity index (χ4n) is 2.90. The van der Waals surface area contributed by atoms with Gasteiger partial charge in [0.15, 0.2) is 0 Å². The monoisotopic (exact) mass is 400 g/mol. The van der Waals surface area contributed by atoms with Gasteiger partial charge < -0.3 is 10.1 Å². The molecule has 0 unspecified atom stereocenters. The second-order valence-corrected chi connectivity index (χ2v) is 7.18. The number of ether oxygens (including phenoxy) is 1. The van der Waals surface area contributed by atoms with Crippen LogP contribution in [0.4, 0.5) is 5.00 Å². The highest BCUT2D eigenvalue weighted by Gasteiger charge is 2.28. The molecule has 3 rings (SSSR count). The average Bonchev–Trinajstić information content (AvgIpc) is 3.06. The van der Waals surface area contributed by atoms with Crippen molar-refractivity contribution in [2.45, 2.75) is 32.6 Å². The van der Waals surface area contributed by atoms with Crippen LogP contribution < -0.4 is 10.7 Å². The molecule has 8 nitrogen and oxygen atoms in total. The maximum Gasteiger partial charge on any atom is 0.341 e. The molecule has 1 aliphatic rings. The van der Waals surface area contributed by atoms with Crippen LogP contribution in [-0.2, 0) is 27.2 Å². The second kappa shape index (κ2) is 9.23. The van der Waals surface area contributed by atoms with Gasteiger partial charge in [-0.25, -0.2) is 10.2 Å². The largest absolute Gasteiger partial charge is 0.462 e. The number of nitrogens with one attached hydrogen (secondary N) is 2. The first-order chi connectivity index (χ1) is 13.6. The molecule has 2 aromatic heterocycles. The summed E-state index contributed by atoms with van der Waals surface area (Å²) in [5, 5.41) is 6.63. The van der Waals surface area contributed by atoms with Crippen molar-refractivity contribution in [3.05, 3.63) is 46.1 Å². The summed E-state index contributed by atoms with van der Waals surface area (Å²) in [6.45, 7) is 1.96. The molecule has 0 atom stereocenters. The van der Waals surface area contributed by atoms with E-state index in [1.54, 1.807) is 31.5 Å². The number of anilines is 1. The molecule has 2 heterocycles. The van der Waals surface area contributed by atoms with Gasteiger partial charge in [0, 0.05) is 22.8 Å². The van der Waals surface area contributed by atoms with Crippen molar-refractivity contribution in [1.29, 1.82) is 0 Å². The summed E-state index contributed by atoms with van der Waals surface area (Å²) < 4.78 is 5.14. The minimum absolute atomic E-state index is 0.236. The summed E-state index contributed by atoms with van der Waals surface area (Å²) in [5.74, 6) is -2.30. The van der Waals surface area contributed by atoms with Crippen LogP contribution in [-0.4, -0.2) is 35.6 Å². The lowest BCUT2D eigenvalue weighted by atomic mass is 9.95. The maximum atomic E-state index is 12.4. The van der Waals surface area contributed by atoms with Gasteiger partial charge in [0.25, 0.3) is 0 Å². The first kappa shape index (κ1) is 19.7. The van der Waals surface area contributed by atoms with E-state index in [-0.39, 0.29) is 6.61 Å². The molecule has 0 fully saturated rings. The van der Waals surface area contributed by atoms with Crippen molar-refractivity contribution in [3.8, 4) is 0 Å². The predicted octanol–water partition coefficient (Wildman–Crippen LogP) is 2.29. The molecule has 28 heavy (non-hydrogen) atoms. The third kappa shape index (κ3) is 4.61. The number of fused-ring (bicyclic) bond motifs is 1. The SMILES string of the molecule is CCOC(=O)c1c(NC(=O)C(=O)N/N=C/c2cccnc2)sc2c1CCCC2. The third-order valence-electron chi connectivity index (χ3n) is 4.15. The van der Waals surface area contributed by atoms with E-state index in [9.17, 15) is 14.4 Å². The number of nitrogens with zero attached hydrogens (tertiary/aromatic N) is 2. The zero-order valence-electron chi connectivity index (χ0n) is 15.4. The quantitative estimate of drug-likeness (QED) is 0.346. The maximum absolute atomic E-state index is 12.4. The van der Waals surface area contributed by atoms with Gasteiger partial charge in [-0.2, -0.15) is 5.10 Å². The van der Waals surface area contributed by atoms with Gasteiger partial charge in [0.05, 0.1) is 18.4 Å². The number of thiophene rings is 1. The molecule has 2 N–H and O–H groups in total. The van der Waals surface area contributed by atoms with Crippen LogP contribution in [0, 0.1) is 0 Å². The van der Waals surface area contributed by atoms with Gasteiger partial charge in [-0.05, 0) is 44.2 Å². The molecule has 9 heteroatoms. The Bertz CT molecular complexity index is 908. The molecule has 0 aromatic carbocycles. The molecule has 0 saturated heterocycles. The van der Waals surface area contributed by atoms with Gasteiger partial charge >= 0.3 is 17.8 Å². The fourth-order valence-corrected chi connectivity index (χ4v) is 4.17. The summed E-state index contributed by atoms with van der Waals surface area (Å²) in [5.41, 5.74) is 4.12. The summed E-state index contributed by atoms with van der Waals surface area (Å²) in [7, 11) is 0. The Hall–Kier alpha value is -3.07. The number of esters is 1. The van der Waals surface area contributed by atoms with Crippen molar-refractivity contribution in [2.24, 2.45) is 5.10 Å². The van der Waals surface area contributed by atoms with Crippen LogP contribution in [0.3, 0.4) is 0 Å². The van der Waals surface area contributed by atoms with Crippen LogP contribution in [0.5, 0.6) is 0 Å². The van der Waals surface area contributed by atoms with Crippen LogP contribution in [0.1, 0.15) is 46.1 Å². The van der Waals surface area contributed by atoms with E-state index >= 15 is 0 Å². The van der Waals surface area contributed by atoms with Gasteiger partial charge in [0.2, 0.25) is 0 Å². The highest BCUT2D eigenvalue weighted by atomic mass is 32.1. The van der Waals surface area contributed by atoms with Crippen molar-refractivity contribution in [3.63, 3.8) is 0 Å². The first-order valence-electron chi connectivity index (χ1n) is 8.96. The number of aromatic nitrogens is 1. The summed E-state index contributed by atoms with van der Waals surface area (Å²) >= 11 is 1.32.